The zero-order chi connectivity index (χ0) is 11.7. The minimum Gasteiger partial charge on any atom is -0.302 e. The van der Waals surface area contributed by atoms with E-state index in [1.165, 1.54) is 44.3 Å². The van der Waals surface area contributed by atoms with Crippen molar-refractivity contribution in [2.75, 3.05) is 0 Å². The van der Waals surface area contributed by atoms with Crippen molar-refractivity contribution in [3.63, 3.8) is 0 Å². The summed E-state index contributed by atoms with van der Waals surface area (Å²) in [7, 11) is 0. The lowest BCUT2D eigenvalue weighted by Gasteiger charge is -2.10. The zero-order valence-electron chi connectivity index (χ0n) is 10.1. The van der Waals surface area contributed by atoms with Crippen molar-refractivity contribution in [1.82, 2.24) is 14.8 Å². The number of hydrogen-bond acceptors (Lipinski definition) is 3. The molecule has 92 valence electrons. The van der Waals surface area contributed by atoms with Gasteiger partial charge < -0.3 is 4.57 Å². The lowest BCUT2D eigenvalue weighted by Crippen LogP contribution is -2.05. The molecule has 0 amide bonds. The van der Waals surface area contributed by atoms with E-state index >= 15 is 0 Å². The van der Waals surface area contributed by atoms with Crippen LogP contribution in [0, 0.1) is 0 Å². The van der Waals surface area contributed by atoms with Gasteiger partial charge in [-0.1, -0.05) is 30.7 Å². The van der Waals surface area contributed by atoms with Crippen molar-refractivity contribution in [3.8, 4) is 0 Å². The molecular formula is C13H19N3S. The molecule has 0 bridgehead atoms. The Hall–Kier alpha value is -0.770. The van der Waals surface area contributed by atoms with Crippen LogP contribution in [0.25, 0.3) is 0 Å². The molecule has 2 aliphatic rings. The van der Waals surface area contributed by atoms with Gasteiger partial charge >= 0.3 is 0 Å². The molecule has 0 spiro atoms. The second-order valence-electron chi connectivity index (χ2n) is 5.04. The maximum atomic E-state index is 4.39. The average Bonchev–Trinajstić information content (AvgIpc) is 2.90. The highest BCUT2D eigenvalue weighted by atomic mass is 32.2. The first-order valence-corrected chi connectivity index (χ1v) is 7.47. The Morgan fingerprint density at radius 1 is 1.24 bits per heavy atom. The van der Waals surface area contributed by atoms with Crippen molar-refractivity contribution < 1.29 is 0 Å². The van der Waals surface area contributed by atoms with E-state index < -0.39 is 0 Å². The Morgan fingerprint density at radius 3 is 2.65 bits per heavy atom. The van der Waals surface area contributed by atoms with Gasteiger partial charge in [-0.15, -0.1) is 16.8 Å². The largest absolute Gasteiger partial charge is 0.302 e. The number of hydrogen-bond donors (Lipinski definition) is 0. The standard InChI is InChI=1S/C13H19N3S/c1-2-9-16-12(10-7-8-10)14-15-13(16)17-11-5-3-4-6-11/h2,10-11H,1,3-9H2. The van der Waals surface area contributed by atoms with E-state index in [1.54, 1.807) is 0 Å². The molecule has 2 fully saturated rings. The van der Waals surface area contributed by atoms with Crippen molar-refractivity contribution in [3.05, 3.63) is 18.5 Å². The minimum absolute atomic E-state index is 0.667. The lowest BCUT2D eigenvalue weighted by molar-refractivity contribution is 0.678. The Morgan fingerprint density at radius 2 is 2.00 bits per heavy atom. The van der Waals surface area contributed by atoms with Crippen LogP contribution in [-0.4, -0.2) is 20.0 Å². The smallest absolute Gasteiger partial charge is 0.191 e. The predicted molar refractivity (Wildman–Crippen MR) is 70.3 cm³/mol. The Labute approximate surface area is 107 Å². The Balaban J connectivity index is 1.79. The van der Waals surface area contributed by atoms with Crippen LogP contribution in [0.15, 0.2) is 17.8 Å². The van der Waals surface area contributed by atoms with Gasteiger partial charge in [-0.25, -0.2) is 0 Å². The van der Waals surface area contributed by atoms with E-state index in [2.05, 4.69) is 21.3 Å². The molecule has 0 aromatic carbocycles. The molecule has 0 unspecified atom stereocenters. The highest BCUT2D eigenvalue weighted by Crippen LogP contribution is 2.41. The first-order valence-electron chi connectivity index (χ1n) is 6.59. The highest BCUT2D eigenvalue weighted by Gasteiger charge is 2.30. The average molecular weight is 249 g/mol. The van der Waals surface area contributed by atoms with Gasteiger partial charge in [0, 0.05) is 17.7 Å². The lowest BCUT2D eigenvalue weighted by atomic mass is 10.4. The molecule has 4 heteroatoms. The summed E-state index contributed by atoms with van der Waals surface area (Å²) >= 11 is 1.93. The second kappa shape index (κ2) is 4.84. The molecule has 1 aromatic rings. The van der Waals surface area contributed by atoms with Gasteiger partial charge in [0.2, 0.25) is 0 Å². The summed E-state index contributed by atoms with van der Waals surface area (Å²) in [6, 6.07) is 0. The quantitative estimate of drug-likeness (QED) is 0.750. The fourth-order valence-corrected chi connectivity index (χ4v) is 3.74. The minimum atomic E-state index is 0.667. The SMILES string of the molecule is C=CCn1c(SC2CCCC2)nnc1C1CC1. The van der Waals surface area contributed by atoms with Crippen LogP contribution in [0.1, 0.15) is 50.3 Å². The van der Waals surface area contributed by atoms with Crippen LogP contribution in [-0.2, 0) is 6.54 Å². The predicted octanol–water partition coefficient (Wildman–Crippen LogP) is 3.38. The first-order chi connectivity index (χ1) is 8.38. The highest BCUT2D eigenvalue weighted by molar-refractivity contribution is 7.99. The molecule has 3 nitrogen and oxygen atoms in total. The first kappa shape index (κ1) is 11.3. The van der Waals surface area contributed by atoms with E-state index in [0.29, 0.717) is 5.92 Å². The number of aromatic nitrogens is 3. The van der Waals surface area contributed by atoms with Crippen molar-refractivity contribution in [2.45, 2.75) is 61.4 Å². The summed E-state index contributed by atoms with van der Waals surface area (Å²) in [5, 5.41) is 10.6. The maximum absolute atomic E-state index is 4.39. The molecular weight excluding hydrogens is 230 g/mol. The number of nitrogens with zero attached hydrogens (tertiary/aromatic N) is 3. The van der Waals surface area contributed by atoms with Gasteiger partial charge in [-0.3, -0.25) is 0 Å². The third-order valence-corrected chi connectivity index (χ3v) is 4.89. The molecule has 2 saturated carbocycles. The summed E-state index contributed by atoms with van der Waals surface area (Å²) in [5.74, 6) is 1.85. The molecule has 1 aromatic heterocycles. The summed E-state index contributed by atoms with van der Waals surface area (Å²) < 4.78 is 2.27. The third-order valence-electron chi connectivity index (χ3n) is 3.57. The fraction of sp³-hybridized carbons (Fsp3) is 0.692. The molecule has 1 heterocycles. The molecule has 0 radical (unpaired) electrons. The summed E-state index contributed by atoms with van der Waals surface area (Å²) in [6.07, 6.45) is 9.95. The van der Waals surface area contributed by atoms with Crippen LogP contribution in [0.2, 0.25) is 0 Å². The number of allylic oxidation sites excluding steroid dienone is 1. The summed E-state index contributed by atoms with van der Waals surface area (Å²) in [5.41, 5.74) is 0. The van der Waals surface area contributed by atoms with Crippen LogP contribution in [0.5, 0.6) is 0 Å². The van der Waals surface area contributed by atoms with Crippen LogP contribution < -0.4 is 0 Å². The Bertz CT molecular complexity index is 403. The Kier molecular flexibility index (Phi) is 3.23. The maximum Gasteiger partial charge on any atom is 0.191 e. The van der Waals surface area contributed by atoms with E-state index in [0.717, 1.165) is 17.0 Å². The van der Waals surface area contributed by atoms with Gasteiger partial charge in [0.15, 0.2) is 5.16 Å². The van der Waals surface area contributed by atoms with Crippen LogP contribution in [0.3, 0.4) is 0 Å². The summed E-state index contributed by atoms with van der Waals surface area (Å²) in [6.45, 7) is 4.70. The monoisotopic (exact) mass is 249 g/mol. The van der Waals surface area contributed by atoms with E-state index in [4.69, 9.17) is 0 Å². The van der Waals surface area contributed by atoms with E-state index in [1.807, 2.05) is 17.8 Å². The molecule has 0 saturated heterocycles. The van der Waals surface area contributed by atoms with E-state index in [9.17, 15) is 0 Å². The fourth-order valence-electron chi connectivity index (χ4n) is 2.49. The van der Waals surface area contributed by atoms with Crippen LogP contribution in [0.4, 0.5) is 0 Å². The topological polar surface area (TPSA) is 30.7 Å². The molecule has 17 heavy (non-hydrogen) atoms. The van der Waals surface area contributed by atoms with E-state index in [-0.39, 0.29) is 0 Å². The molecule has 0 atom stereocenters. The van der Waals surface area contributed by atoms with Crippen molar-refractivity contribution in [1.29, 1.82) is 0 Å². The second-order valence-corrected chi connectivity index (χ2v) is 6.31. The van der Waals surface area contributed by atoms with Gasteiger partial charge in [-0.05, 0) is 25.7 Å². The molecule has 0 aliphatic heterocycles. The van der Waals surface area contributed by atoms with Crippen LogP contribution >= 0.6 is 11.8 Å². The van der Waals surface area contributed by atoms with Gasteiger partial charge in [0.25, 0.3) is 0 Å². The number of rotatable bonds is 5. The van der Waals surface area contributed by atoms with Crippen molar-refractivity contribution in [2.24, 2.45) is 0 Å². The van der Waals surface area contributed by atoms with Gasteiger partial charge in [-0.2, -0.15) is 0 Å². The van der Waals surface area contributed by atoms with Gasteiger partial charge in [0.05, 0.1) is 0 Å². The summed E-state index contributed by atoms with van der Waals surface area (Å²) in [4.78, 5) is 0. The van der Waals surface area contributed by atoms with Crippen molar-refractivity contribution >= 4 is 11.8 Å². The molecule has 0 N–H and O–H groups in total. The molecule has 2 aliphatic carbocycles. The number of thioether (sulfide) groups is 1. The zero-order valence-corrected chi connectivity index (χ0v) is 11.0. The molecule has 3 rings (SSSR count). The third kappa shape index (κ3) is 2.41. The van der Waals surface area contributed by atoms with Gasteiger partial charge in [0.1, 0.15) is 5.82 Å². The normalized spacial score (nSPS) is 20.9.